The molecule has 2 aromatic carbocycles. The zero-order valence-electron chi connectivity index (χ0n) is 19.3. The minimum Gasteiger partial charge on any atom is -0.491 e. The lowest BCUT2D eigenvalue weighted by Gasteiger charge is -2.24. The maximum absolute atomic E-state index is 13.2. The second kappa shape index (κ2) is 8.24. The molecule has 0 radical (unpaired) electrons. The van der Waals surface area contributed by atoms with Crippen LogP contribution in [0.3, 0.4) is 0 Å². The molecule has 0 aromatic heterocycles. The van der Waals surface area contributed by atoms with Crippen LogP contribution < -0.4 is 10.1 Å². The monoisotopic (exact) mass is 436 g/mol. The van der Waals surface area contributed by atoms with E-state index >= 15 is 0 Å². The molecular weight excluding hydrogens is 404 g/mol. The van der Waals surface area contributed by atoms with Gasteiger partial charge in [0.2, 0.25) is 0 Å². The van der Waals surface area contributed by atoms with E-state index in [0.717, 1.165) is 29.7 Å². The minimum absolute atomic E-state index is 0.0124. The van der Waals surface area contributed by atoms with Crippen LogP contribution in [0.4, 0.5) is 4.79 Å². The number of hydrogen-bond acceptors (Lipinski definition) is 4. The second-order valence-corrected chi connectivity index (χ2v) is 10.0. The third-order valence-corrected chi connectivity index (χ3v) is 6.51. The summed E-state index contributed by atoms with van der Waals surface area (Å²) in [5, 5.41) is 13.3. The van der Waals surface area contributed by atoms with Crippen LogP contribution in [0, 0.1) is 0 Å². The van der Waals surface area contributed by atoms with Crippen molar-refractivity contribution in [3.8, 4) is 5.75 Å². The summed E-state index contributed by atoms with van der Waals surface area (Å²) in [6, 6.07) is 13.3. The quantitative estimate of drug-likeness (QED) is 0.677. The molecule has 170 valence electrons. The van der Waals surface area contributed by atoms with Crippen molar-refractivity contribution >= 4 is 11.9 Å². The number of aliphatic hydroxyl groups is 1. The summed E-state index contributed by atoms with van der Waals surface area (Å²) in [4.78, 5) is 26.8. The van der Waals surface area contributed by atoms with Crippen molar-refractivity contribution in [2.24, 2.45) is 0 Å². The first-order chi connectivity index (χ1) is 15.1. The molecule has 2 aromatic rings. The molecule has 3 amide bonds. The lowest BCUT2D eigenvalue weighted by molar-refractivity contribution is -0.132. The van der Waals surface area contributed by atoms with E-state index < -0.39 is 17.7 Å². The van der Waals surface area contributed by atoms with Crippen LogP contribution >= 0.6 is 0 Å². The zero-order valence-corrected chi connectivity index (χ0v) is 19.3. The molecule has 1 saturated heterocycles. The van der Waals surface area contributed by atoms with Gasteiger partial charge in [0.25, 0.3) is 5.91 Å². The van der Waals surface area contributed by atoms with E-state index in [-0.39, 0.29) is 24.5 Å². The van der Waals surface area contributed by atoms with Crippen molar-refractivity contribution in [3.05, 3.63) is 64.7 Å². The maximum Gasteiger partial charge on any atom is 0.325 e. The number of ether oxygens (including phenoxy) is 1. The molecule has 2 aliphatic rings. The minimum atomic E-state index is -1.13. The van der Waals surface area contributed by atoms with E-state index in [2.05, 4.69) is 32.2 Å². The van der Waals surface area contributed by atoms with E-state index in [9.17, 15) is 14.7 Å². The van der Waals surface area contributed by atoms with Gasteiger partial charge in [0, 0.05) is 0 Å². The Labute approximate surface area is 189 Å². The number of carbonyl (C=O) groups excluding carboxylic acids is 2. The molecule has 2 N–H and O–H groups in total. The highest BCUT2D eigenvalue weighted by Gasteiger charge is 2.49. The van der Waals surface area contributed by atoms with Crippen LogP contribution in [-0.4, -0.2) is 41.2 Å². The van der Waals surface area contributed by atoms with Gasteiger partial charge in [-0.3, -0.25) is 9.69 Å². The van der Waals surface area contributed by atoms with Crippen LogP contribution in [0.5, 0.6) is 5.75 Å². The van der Waals surface area contributed by atoms with Gasteiger partial charge >= 0.3 is 6.03 Å². The number of fused-ring (bicyclic) bond motifs is 1. The van der Waals surface area contributed by atoms with Crippen LogP contribution in [0.15, 0.2) is 42.5 Å². The second-order valence-electron chi connectivity index (χ2n) is 10.0. The number of amides is 3. The molecule has 6 nitrogen and oxygen atoms in total. The number of urea groups is 1. The number of carbonyl (C=O) groups is 2. The number of rotatable bonds is 6. The first-order valence-electron chi connectivity index (χ1n) is 11.3. The number of aliphatic hydroxyl groups excluding tert-OH is 1. The van der Waals surface area contributed by atoms with E-state index in [1.807, 2.05) is 36.4 Å². The van der Waals surface area contributed by atoms with E-state index in [0.29, 0.717) is 5.75 Å². The average Bonchev–Trinajstić information content (AvgIpc) is 3.30. The van der Waals surface area contributed by atoms with Gasteiger partial charge in [0.1, 0.15) is 24.0 Å². The highest BCUT2D eigenvalue weighted by Crippen LogP contribution is 2.32. The predicted octanol–water partition coefficient (Wildman–Crippen LogP) is 3.68. The molecule has 1 aliphatic heterocycles. The van der Waals surface area contributed by atoms with Crippen molar-refractivity contribution in [1.82, 2.24) is 10.2 Å². The number of β-amino-alcohol motifs (C(OH)–C–C–N with tert-alkyl or cyclic N) is 1. The first kappa shape index (κ1) is 22.3. The number of nitrogens with zero attached hydrogens (tertiary/aromatic N) is 1. The van der Waals surface area contributed by atoms with Crippen LogP contribution in [0.2, 0.25) is 0 Å². The maximum atomic E-state index is 13.2. The fourth-order valence-corrected chi connectivity index (χ4v) is 4.45. The van der Waals surface area contributed by atoms with Crippen LogP contribution in [-0.2, 0) is 28.6 Å². The molecule has 0 spiro atoms. The fraction of sp³-hybridized carbons (Fsp3) is 0.462. The number of benzene rings is 2. The van der Waals surface area contributed by atoms with Crippen molar-refractivity contribution in [1.29, 1.82) is 0 Å². The summed E-state index contributed by atoms with van der Waals surface area (Å²) >= 11 is 0. The third kappa shape index (κ3) is 4.24. The molecule has 2 atom stereocenters. The predicted molar refractivity (Wildman–Crippen MR) is 123 cm³/mol. The Hall–Kier alpha value is -2.86. The van der Waals surface area contributed by atoms with Gasteiger partial charge in [-0.2, -0.15) is 0 Å². The van der Waals surface area contributed by atoms with Gasteiger partial charge < -0.3 is 15.2 Å². The van der Waals surface area contributed by atoms with Gasteiger partial charge in [0.05, 0.1) is 6.54 Å². The van der Waals surface area contributed by atoms with E-state index in [1.165, 1.54) is 16.7 Å². The highest BCUT2D eigenvalue weighted by molar-refractivity contribution is 6.07. The largest absolute Gasteiger partial charge is 0.491 e. The van der Waals surface area contributed by atoms with Crippen molar-refractivity contribution < 1.29 is 19.4 Å². The summed E-state index contributed by atoms with van der Waals surface area (Å²) in [5.41, 5.74) is 3.45. The smallest absolute Gasteiger partial charge is 0.325 e. The fourth-order valence-electron chi connectivity index (χ4n) is 4.45. The molecular formula is C26H32N2O4. The normalized spacial score (nSPS) is 21.5. The Morgan fingerprint density at radius 2 is 1.78 bits per heavy atom. The molecule has 1 heterocycles. The highest BCUT2D eigenvalue weighted by atomic mass is 16.5. The lowest BCUT2D eigenvalue weighted by Crippen LogP contribution is -2.42. The summed E-state index contributed by atoms with van der Waals surface area (Å²) < 4.78 is 5.68. The average molecular weight is 437 g/mol. The Bertz CT molecular complexity index is 1030. The number of hydrogen-bond donors (Lipinski definition) is 2. The van der Waals surface area contributed by atoms with Crippen LogP contribution in [0.25, 0.3) is 0 Å². The van der Waals surface area contributed by atoms with Gasteiger partial charge in [-0.25, -0.2) is 4.79 Å². The molecule has 0 saturated carbocycles. The Morgan fingerprint density at radius 3 is 2.47 bits per heavy atom. The topological polar surface area (TPSA) is 78.9 Å². The van der Waals surface area contributed by atoms with Crippen molar-refractivity contribution in [3.63, 3.8) is 0 Å². The van der Waals surface area contributed by atoms with Crippen LogP contribution in [0.1, 0.15) is 56.4 Å². The molecule has 4 rings (SSSR count). The zero-order chi connectivity index (χ0) is 23.1. The molecule has 0 bridgehead atoms. The summed E-state index contributed by atoms with van der Waals surface area (Å²) in [5.74, 6) is 0.284. The summed E-state index contributed by atoms with van der Waals surface area (Å²) in [7, 11) is 0. The van der Waals surface area contributed by atoms with Gasteiger partial charge in [-0.1, -0.05) is 51.1 Å². The molecule has 32 heavy (non-hydrogen) atoms. The van der Waals surface area contributed by atoms with Crippen molar-refractivity contribution in [2.75, 3.05) is 13.2 Å². The lowest BCUT2D eigenvalue weighted by atomic mass is 9.87. The summed E-state index contributed by atoms with van der Waals surface area (Å²) in [6.45, 7) is 8.01. The van der Waals surface area contributed by atoms with E-state index in [4.69, 9.17) is 4.74 Å². The van der Waals surface area contributed by atoms with Crippen molar-refractivity contribution in [2.45, 2.75) is 64.0 Å². The number of aryl methyl sites for hydroxylation is 2. The molecule has 6 heteroatoms. The molecule has 0 unspecified atom stereocenters. The standard InChI is InChI=1S/C26H32N2O4/c1-25(2,3)19-10-12-22(13-11-19)32-16-21(29)15-28-23(30)26(4,27-24(28)31)20-9-8-17-6-5-7-18(17)14-20/h8-14,21,29H,5-7,15-16H2,1-4H3,(H,27,31)/t21-,26-/m0/s1. The molecule has 1 aliphatic carbocycles. The SMILES string of the molecule is CC(C)(C)c1ccc(OC[C@@H](O)CN2C(=O)N[C@@](C)(c3ccc4c(c3)CCC4)C2=O)cc1. The molecule has 1 fully saturated rings. The first-order valence-corrected chi connectivity index (χ1v) is 11.3. The Kier molecular flexibility index (Phi) is 5.76. The van der Waals surface area contributed by atoms with E-state index in [1.54, 1.807) is 6.92 Å². The third-order valence-electron chi connectivity index (χ3n) is 6.51. The Morgan fingerprint density at radius 1 is 1.09 bits per heavy atom. The van der Waals surface area contributed by atoms with Gasteiger partial charge in [-0.15, -0.1) is 0 Å². The summed E-state index contributed by atoms with van der Waals surface area (Å²) in [6.07, 6.45) is 2.18. The van der Waals surface area contributed by atoms with Gasteiger partial charge in [-0.05, 0) is 66.0 Å². The number of imide groups is 1. The Balaban J connectivity index is 1.39. The number of nitrogens with one attached hydrogen (secondary N) is 1. The van der Waals surface area contributed by atoms with Gasteiger partial charge in [0.15, 0.2) is 0 Å².